The highest BCUT2D eigenvalue weighted by Crippen LogP contribution is 2.14. The van der Waals surface area contributed by atoms with E-state index in [1.54, 1.807) is 16.8 Å². The van der Waals surface area contributed by atoms with Crippen molar-refractivity contribution in [2.45, 2.75) is 32.5 Å². The van der Waals surface area contributed by atoms with Crippen LogP contribution >= 0.6 is 0 Å². The van der Waals surface area contributed by atoms with Crippen LogP contribution in [0, 0.1) is 0 Å². The van der Waals surface area contributed by atoms with Gasteiger partial charge in [-0.15, -0.1) is 0 Å². The molecule has 2 heterocycles. The van der Waals surface area contributed by atoms with E-state index in [9.17, 15) is 9.59 Å². The number of aryl methyl sites for hydroxylation is 1. The monoisotopic (exact) mass is 339 g/mol. The van der Waals surface area contributed by atoms with Crippen molar-refractivity contribution in [2.75, 3.05) is 19.6 Å². The Kier molecular flexibility index (Phi) is 5.66. The van der Waals surface area contributed by atoms with Gasteiger partial charge in [-0.3, -0.25) is 14.5 Å². The van der Waals surface area contributed by atoms with E-state index in [0.717, 1.165) is 26.2 Å². The van der Waals surface area contributed by atoms with Crippen molar-refractivity contribution in [3.63, 3.8) is 0 Å². The van der Waals surface area contributed by atoms with Crippen molar-refractivity contribution in [3.8, 4) is 0 Å². The second-order valence-corrected chi connectivity index (χ2v) is 6.64. The average Bonchev–Trinajstić information content (AvgIpc) is 2.62. The molecule has 1 amide bonds. The lowest BCUT2D eigenvalue weighted by Crippen LogP contribution is -2.53. The van der Waals surface area contributed by atoms with Gasteiger partial charge in [0.1, 0.15) is 0 Å². The Balaban J connectivity index is 1.51. The molecule has 0 spiro atoms. The van der Waals surface area contributed by atoms with E-state index in [0.29, 0.717) is 13.0 Å². The number of piperazine rings is 1. The van der Waals surface area contributed by atoms with E-state index in [-0.39, 0.29) is 17.5 Å². The largest absolute Gasteiger partial charge is 0.337 e. The predicted octanol–water partition coefficient (Wildman–Crippen LogP) is 1.97. The van der Waals surface area contributed by atoms with Crippen LogP contribution in [0.1, 0.15) is 18.9 Å². The number of aromatic nitrogens is 1. The molecule has 1 saturated heterocycles. The summed E-state index contributed by atoms with van der Waals surface area (Å²) in [5.74, 6) is 0.127. The minimum absolute atomic E-state index is 0.0592. The maximum atomic E-state index is 12.6. The Morgan fingerprint density at radius 2 is 1.84 bits per heavy atom. The maximum absolute atomic E-state index is 12.6. The molecule has 0 radical (unpaired) electrons. The van der Waals surface area contributed by atoms with Gasteiger partial charge in [0.05, 0.1) is 0 Å². The molecule has 0 bridgehead atoms. The molecule has 1 aromatic heterocycles. The Labute approximate surface area is 148 Å². The van der Waals surface area contributed by atoms with Crippen molar-refractivity contribution in [1.82, 2.24) is 14.4 Å². The van der Waals surface area contributed by atoms with Crippen LogP contribution in [0.3, 0.4) is 0 Å². The summed E-state index contributed by atoms with van der Waals surface area (Å²) in [4.78, 5) is 28.6. The first-order valence-electron chi connectivity index (χ1n) is 8.85. The molecule has 0 saturated carbocycles. The van der Waals surface area contributed by atoms with Crippen LogP contribution in [0.4, 0.5) is 0 Å². The first-order valence-corrected chi connectivity index (χ1v) is 8.85. The Morgan fingerprint density at radius 3 is 2.56 bits per heavy atom. The molecular weight excluding hydrogens is 314 g/mol. The van der Waals surface area contributed by atoms with Gasteiger partial charge in [-0.2, -0.15) is 0 Å². The van der Waals surface area contributed by atoms with Crippen LogP contribution in [0.25, 0.3) is 0 Å². The van der Waals surface area contributed by atoms with Crippen molar-refractivity contribution >= 4 is 5.91 Å². The second-order valence-electron chi connectivity index (χ2n) is 6.64. The summed E-state index contributed by atoms with van der Waals surface area (Å²) in [6, 6.07) is 15.7. The van der Waals surface area contributed by atoms with E-state index < -0.39 is 0 Å². The summed E-state index contributed by atoms with van der Waals surface area (Å²) >= 11 is 0. The lowest BCUT2D eigenvalue weighted by atomic mass is 10.1. The summed E-state index contributed by atoms with van der Waals surface area (Å²) in [5, 5.41) is 0. The highest BCUT2D eigenvalue weighted by molar-refractivity contribution is 5.76. The number of carbonyl (C=O) groups is 1. The fourth-order valence-electron chi connectivity index (χ4n) is 3.39. The minimum atomic E-state index is -0.0592. The van der Waals surface area contributed by atoms with Gasteiger partial charge in [-0.05, 0) is 18.6 Å². The molecule has 5 nitrogen and oxygen atoms in total. The van der Waals surface area contributed by atoms with Crippen molar-refractivity contribution in [1.29, 1.82) is 0 Å². The quantitative estimate of drug-likeness (QED) is 0.837. The molecular formula is C20H25N3O2. The molecule has 25 heavy (non-hydrogen) atoms. The molecule has 0 aliphatic carbocycles. The summed E-state index contributed by atoms with van der Waals surface area (Å²) in [7, 11) is 0. The van der Waals surface area contributed by atoms with Crippen LogP contribution in [-0.2, 0) is 17.9 Å². The Hall–Kier alpha value is -2.40. The zero-order valence-corrected chi connectivity index (χ0v) is 14.7. The number of benzene rings is 1. The summed E-state index contributed by atoms with van der Waals surface area (Å²) in [6.45, 7) is 5.98. The SMILES string of the molecule is CC1CN(Cc2ccccc2)CCN1C(=O)CCn1ccccc1=O. The van der Waals surface area contributed by atoms with Crippen molar-refractivity contribution in [3.05, 3.63) is 70.6 Å². The average molecular weight is 339 g/mol. The second kappa shape index (κ2) is 8.12. The molecule has 1 aliphatic heterocycles. The van der Waals surface area contributed by atoms with Crippen LogP contribution in [0.2, 0.25) is 0 Å². The summed E-state index contributed by atoms with van der Waals surface area (Å²) in [6.07, 6.45) is 2.10. The third-order valence-electron chi connectivity index (χ3n) is 4.75. The fraction of sp³-hybridized carbons (Fsp3) is 0.400. The predicted molar refractivity (Wildman–Crippen MR) is 98.2 cm³/mol. The van der Waals surface area contributed by atoms with Gasteiger partial charge in [-0.1, -0.05) is 36.4 Å². The highest BCUT2D eigenvalue weighted by atomic mass is 16.2. The topological polar surface area (TPSA) is 45.5 Å². The highest BCUT2D eigenvalue weighted by Gasteiger charge is 2.27. The lowest BCUT2D eigenvalue weighted by molar-refractivity contribution is -0.136. The van der Waals surface area contributed by atoms with Gasteiger partial charge in [0, 0.05) is 57.4 Å². The molecule has 1 fully saturated rings. The number of hydrogen-bond donors (Lipinski definition) is 0. The zero-order valence-electron chi connectivity index (χ0n) is 14.7. The number of amides is 1. The van der Waals surface area contributed by atoms with Gasteiger partial charge >= 0.3 is 0 Å². The van der Waals surface area contributed by atoms with Crippen LogP contribution in [0.5, 0.6) is 0 Å². The normalized spacial score (nSPS) is 18.3. The summed E-state index contributed by atoms with van der Waals surface area (Å²) < 4.78 is 1.59. The molecule has 1 aromatic carbocycles. The minimum Gasteiger partial charge on any atom is -0.337 e. The molecule has 1 aliphatic rings. The number of pyridine rings is 1. The van der Waals surface area contributed by atoms with E-state index >= 15 is 0 Å². The molecule has 132 valence electrons. The van der Waals surface area contributed by atoms with Gasteiger partial charge < -0.3 is 9.47 Å². The van der Waals surface area contributed by atoms with Gasteiger partial charge in [-0.25, -0.2) is 0 Å². The Morgan fingerprint density at radius 1 is 1.08 bits per heavy atom. The van der Waals surface area contributed by atoms with Gasteiger partial charge in [0.15, 0.2) is 0 Å². The third kappa shape index (κ3) is 4.57. The Bertz CT molecular complexity index is 757. The number of carbonyl (C=O) groups excluding carboxylic acids is 1. The molecule has 5 heteroatoms. The van der Waals surface area contributed by atoms with E-state index in [1.807, 2.05) is 17.0 Å². The maximum Gasteiger partial charge on any atom is 0.250 e. The van der Waals surface area contributed by atoms with Gasteiger partial charge in [0.25, 0.3) is 5.56 Å². The van der Waals surface area contributed by atoms with E-state index in [4.69, 9.17) is 0 Å². The van der Waals surface area contributed by atoms with E-state index in [2.05, 4.69) is 36.1 Å². The number of rotatable bonds is 5. The first kappa shape index (κ1) is 17.4. The van der Waals surface area contributed by atoms with E-state index in [1.165, 1.54) is 11.6 Å². The van der Waals surface area contributed by atoms with Crippen molar-refractivity contribution < 1.29 is 4.79 Å². The first-order chi connectivity index (χ1) is 12.1. The fourth-order valence-corrected chi connectivity index (χ4v) is 3.39. The van der Waals surface area contributed by atoms with Crippen LogP contribution in [-0.4, -0.2) is 46.0 Å². The number of hydrogen-bond acceptors (Lipinski definition) is 3. The molecule has 1 unspecified atom stereocenters. The molecule has 2 aromatic rings. The zero-order chi connectivity index (χ0) is 17.6. The number of nitrogens with zero attached hydrogens (tertiary/aromatic N) is 3. The summed E-state index contributed by atoms with van der Waals surface area (Å²) in [5.41, 5.74) is 1.24. The van der Waals surface area contributed by atoms with Gasteiger partial charge in [0.2, 0.25) is 5.91 Å². The molecule has 1 atom stereocenters. The van der Waals surface area contributed by atoms with Crippen LogP contribution in [0.15, 0.2) is 59.5 Å². The van der Waals surface area contributed by atoms with Crippen molar-refractivity contribution in [2.24, 2.45) is 0 Å². The standard InChI is InChI=1S/C20H25N3O2/c1-17-15-21(16-18-7-3-2-4-8-18)13-14-23(17)20(25)10-12-22-11-6-5-9-19(22)24/h2-9,11,17H,10,12-16H2,1H3. The third-order valence-corrected chi connectivity index (χ3v) is 4.75. The molecule has 3 rings (SSSR count). The lowest BCUT2D eigenvalue weighted by Gasteiger charge is -2.40. The smallest absolute Gasteiger partial charge is 0.250 e. The molecule has 0 N–H and O–H groups in total. The van der Waals surface area contributed by atoms with Crippen LogP contribution < -0.4 is 5.56 Å².